The first-order valence-electron chi connectivity index (χ1n) is 9.85. The van der Waals surface area contributed by atoms with Crippen LogP contribution in [0.2, 0.25) is 5.02 Å². The molecule has 0 atom stereocenters. The molecule has 1 saturated heterocycles. The Morgan fingerprint density at radius 3 is 2.63 bits per heavy atom. The molecular formula is C20H23ClFN5O3. The number of rotatable bonds is 3. The van der Waals surface area contributed by atoms with Crippen LogP contribution >= 0.6 is 11.6 Å². The van der Waals surface area contributed by atoms with Gasteiger partial charge in [-0.2, -0.15) is 0 Å². The summed E-state index contributed by atoms with van der Waals surface area (Å²) in [5, 5.41) is 12.4. The topological polar surface area (TPSA) is 90.7 Å². The van der Waals surface area contributed by atoms with Crippen LogP contribution in [0.15, 0.2) is 18.2 Å². The van der Waals surface area contributed by atoms with E-state index < -0.39 is 11.9 Å². The van der Waals surface area contributed by atoms with Crippen molar-refractivity contribution in [2.24, 2.45) is 0 Å². The normalized spacial score (nSPS) is 17.6. The number of carbonyl (C=O) groups excluding carboxylic acids is 1. The predicted molar refractivity (Wildman–Crippen MR) is 109 cm³/mol. The lowest BCUT2D eigenvalue weighted by molar-refractivity contribution is 0.0900. The molecule has 1 aromatic heterocycles. The van der Waals surface area contributed by atoms with Crippen LogP contribution in [0.1, 0.15) is 29.0 Å². The minimum atomic E-state index is -0.944. The van der Waals surface area contributed by atoms with Crippen LogP contribution in [0.4, 0.5) is 9.18 Å². The lowest BCUT2D eigenvalue weighted by atomic mass is 10.1. The van der Waals surface area contributed by atoms with E-state index >= 15 is 0 Å². The van der Waals surface area contributed by atoms with E-state index in [1.54, 1.807) is 12.1 Å². The second-order valence-corrected chi connectivity index (χ2v) is 8.20. The van der Waals surface area contributed by atoms with E-state index in [-0.39, 0.29) is 17.6 Å². The lowest BCUT2D eigenvalue weighted by Gasteiger charge is -2.30. The highest BCUT2D eigenvalue weighted by Gasteiger charge is 2.30. The molecule has 2 N–H and O–H groups in total. The summed E-state index contributed by atoms with van der Waals surface area (Å²) in [6.07, 6.45) is 0.153. The Labute approximate surface area is 178 Å². The molecule has 2 aliphatic heterocycles. The third-order valence-corrected chi connectivity index (χ3v) is 5.92. The molecule has 8 nitrogen and oxygen atoms in total. The number of hydrogen-bond acceptors (Lipinski definition) is 4. The molecule has 2 aromatic rings. The monoisotopic (exact) mass is 435 g/mol. The Bertz CT molecular complexity index is 987. The minimum Gasteiger partial charge on any atom is -0.465 e. The highest BCUT2D eigenvalue weighted by molar-refractivity contribution is 6.30. The van der Waals surface area contributed by atoms with Crippen molar-refractivity contribution in [2.75, 3.05) is 26.7 Å². The van der Waals surface area contributed by atoms with E-state index in [2.05, 4.69) is 15.2 Å². The fourth-order valence-electron chi connectivity index (χ4n) is 4.02. The lowest BCUT2D eigenvalue weighted by Crippen LogP contribution is -2.46. The van der Waals surface area contributed by atoms with Crippen LogP contribution in [-0.4, -0.2) is 69.2 Å². The van der Waals surface area contributed by atoms with E-state index in [0.717, 1.165) is 12.2 Å². The van der Waals surface area contributed by atoms with Crippen molar-refractivity contribution < 1.29 is 19.1 Å². The maximum Gasteiger partial charge on any atom is 0.407 e. The van der Waals surface area contributed by atoms with Crippen molar-refractivity contribution in [1.82, 2.24) is 24.7 Å². The number of halogens is 2. The molecule has 0 unspecified atom stereocenters. The molecule has 10 heteroatoms. The maximum atomic E-state index is 14.6. The molecule has 0 aliphatic carbocycles. The molecular weight excluding hydrogens is 413 g/mol. The van der Waals surface area contributed by atoms with Gasteiger partial charge in [0.15, 0.2) is 5.69 Å². The first-order valence-corrected chi connectivity index (χ1v) is 10.2. The number of amides is 2. The third-order valence-electron chi connectivity index (χ3n) is 5.69. The van der Waals surface area contributed by atoms with Crippen LogP contribution in [-0.2, 0) is 13.1 Å². The number of fused-ring (bicyclic) bond motifs is 1. The quantitative estimate of drug-likeness (QED) is 0.773. The molecule has 0 spiro atoms. The molecule has 160 valence electrons. The minimum absolute atomic E-state index is 0.123. The van der Waals surface area contributed by atoms with Gasteiger partial charge in [-0.05, 0) is 38.1 Å². The molecule has 30 heavy (non-hydrogen) atoms. The number of likely N-dealkylation sites (tertiary alicyclic amines) is 1. The van der Waals surface area contributed by atoms with E-state index in [1.165, 1.54) is 11.0 Å². The fraction of sp³-hybridized carbons (Fsp3) is 0.450. The highest BCUT2D eigenvalue weighted by Crippen LogP contribution is 2.29. The zero-order chi connectivity index (χ0) is 21.4. The van der Waals surface area contributed by atoms with Gasteiger partial charge in [0.25, 0.3) is 5.91 Å². The summed E-state index contributed by atoms with van der Waals surface area (Å²) in [6, 6.07) is 4.30. The van der Waals surface area contributed by atoms with E-state index in [1.807, 2.05) is 11.6 Å². The Morgan fingerprint density at radius 1 is 1.23 bits per heavy atom. The van der Waals surface area contributed by atoms with Crippen molar-refractivity contribution in [3.05, 3.63) is 40.4 Å². The van der Waals surface area contributed by atoms with Gasteiger partial charge in [-0.1, -0.05) is 11.6 Å². The van der Waals surface area contributed by atoms with Crippen molar-refractivity contribution in [3.8, 4) is 11.4 Å². The Hall–Kier alpha value is -2.65. The highest BCUT2D eigenvalue weighted by atomic mass is 35.5. The van der Waals surface area contributed by atoms with Gasteiger partial charge in [-0.3, -0.25) is 9.69 Å². The average Bonchev–Trinajstić information content (AvgIpc) is 3.07. The van der Waals surface area contributed by atoms with Crippen LogP contribution in [0, 0.1) is 5.82 Å². The number of piperidine rings is 1. The Morgan fingerprint density at radius 2 is 1.97 bits per heavy atom. The van der Waals surface area contributed by atoms with Crippen LogP contribution in [0.25, 0.3) is 11.4 Å². The van der Waals surface area contributed by atoms with Gasteiger partial charge in [0.05, 0.1) is 11.3 Å². The molecule has 2 aliphatic rings. The molecule has 1 fully saturated rings. The number of carbonyl (C=O) groups is 2. The zero-order valence-corrected chi connectivity index (χ0v) is 17.3. The molecule has 1 aromatic carbocycles. The van der Waals surface area contributed by atoms with Crippen molar-refractivity contribution in [2.45, 2.75) is 32.0 Å². The number of nitrogens with one attached hydrogen (secondary N) is 1. The van der Waals surface area contributed by atoms with Crippen molar-refractivity contribution in [1.29, 1.82) is 0 Å². The molecule has 0 bridgehead atoms. The number of benzene rings is 1. The molecule has 2 amide bonds. The van der Waals surface area contributed by atoms with Gasteiger partial charge in [-0.25, -0.2) is 14.2 Å². The first-order chi connectivity index (χ1) is 14.3. The van der Waals surface area contributed by atoms with E-state index in [4.69, 9.17) is 16.7 Å². The smallest absolute Gasteiger partial charge is 0.407 e. The fourth-order valence-corrected chi connectivity index (χ4v) is 4.18. The summed E-state index contributed by atoms with van der Waals surface area (Å²) in [4.78, 5) is 32.1. The van der Waals surface area contributed by atoms with Crippen molar-refractivity contribution in [3.63, 3.8) is 0 Å². The third kappa shape index (κ3) is 3.99. The van der Waals surface area contributed by atoms with E-state index in [9.17, 15) is 14.0 Å². The maximum absolute atomic E-state index is 14.6. The Balaban J connectivity index is 1.61. The second-order valence-electron chi connectivity index (χ2n) is 7.76. The first kappa shape index (κ1) is 20.6. The van der Waals surface area contributed by atoms with Crippen LogP contribution in [0.3, 0.4) is 0 Å². The summed E-state index contributed by atoms with van der Waals surface area (Å²) in [6.45, 7) is 2.65. The summed E-state index contributed by atoms with van der Waals surface area (Å²) in [5.74, 6) is -0.385. The van der Waals surface area contributed by atoms with Crippen LogP contribution in [0.5, 0.6) is 0 Å². The summed E-state index contributed by atoms with van der Waals surface area (Å²) < 4.78 is 16.5. The standard InChI is InChI=1S/C20H23ClFN5O3/c1-25-8-9-27-16(11-25)17(24-18(27)14-3-2-12(21)10-15(14)22)19(28)23-13-4-6-26(7-5-13)20(29)30/h2-3,10,13H,4-9,11H2,1H3,(H,23,28)(H,29,30). The van der Waals surface area contributed by atoms with Gasteiger partial charge < -0.3 is 19.9 Å². The van der Waals surface area contributed by atoms with Gasteiger partial charge in [0, 0.05) is 43.8 Å². The van der Waals surface area contributed by atoms with Crippen molar-refractivity contribution >= 4 is 23.6 Å². The largest absolute Gasteiger partial charge is 0.465 e. The molecule has 0 radical (unpaired) electrons. The number of likely N-dealkylation sites (N-methyl/N-ethyl adjacent to an activating group) is 1. The SMILES string of the molecule is CN1CCn2c(-c3ccc(Cl)cc3F)nc(C(=O)NC3CCN(C(=O)O)CC3)c2C1. The van der Waals surface area contributed by atoms with Gasteiger partial charge >= 0.3 is 6.09 Å². The number of carboxylic acid groups (broad SMARTS) is 1. The number of imidazole rings is 1. The number of aromatic nitrogens is 2. The second kappa shape index (κ2) is 8.23. The van der Waals surface area contributed by atoms with E-state index in [0.29, 0.717) is 55.4 Å². The van der Waals surface area contributed by atoms with Gasteiger partial charge in [0.2, 0.25) is 0 Å². The molecule has 3 heterocycles. The number of nitrogens with zero attached hydrogens (tertiary/aromatic N) is 4. The van der Waals surface area contributed by atoms with Gasteiger partial charge in [0.1, 0.15) is 11.6 Å². The van der Waals surface area contributed by atoms with Crippen LogP contribution < -0.4 is 5.32 Å². The zero-order valence-electron chi connectivity index (χ0n) is 16.6. The predicted octanol–water partition coefficient (Wildman–Crippen LogP) is 2.66. The van der Waals surface area contributed by atoms with Gasteiger partial charge in [-0.15, -0.1) is 0 Å². The molecule has 0 saturated carbocycles. The summed E-state index contributed by atoms with van der Waals surface area (Å²) >= 11 is 5.88. The Kier molecular flexibility index (Phi) is 5.66. The average molecular weight is 436 g/mol. The number of hydrogen-bond donors (Lipinski definition) is 2. The summed E-state index contributed by atoms with van der Waals surface area (Å²) in [7, 11) is 1.96. The summed E-state index contributed by atoms with van der Waals surface area (Å²) in [5.41, 5.74) is 1.33. The molecule has 4 rings (SSSR count).